The number of aryl methyl sites for hydroxylation is 1. The quantitative estimate of drug-likeness (QED) is 0.831. The number of carbonyl (C=O) groups is 1. The van der Waals surface area contributed by atoms with Crippen LogP contribution in [0.3, 0.4) is 0 Å². The number of nitrogens with zero attached hydrogens (tertiary/aromatic N) is 2. The number of hydrogen-bond donors (Lipinski definition) is 1. The van der Waals surface area contributed by atoms with E-state index in [1.54, 1.807) is 24.9 Å². The predicted octanol–water partition coefficient (Wildman–Crippen LogP) is 1.70. The van der Waals surface area contributed by atoms with Gasteiger partial charge in [0.1, 0.15) is 0 Å². The highest BCUT2D eigenvalue weighted by atomic mass is 16.5. The van der Waals surface area contributed by atoms with Gasteiger partial charge in [0, 0.05) is 24.2 Å². The fraction of sp³-hybridized carbons (Fsp3) is 0.692. The fourth-order valence-corrected chi connectivity index (χ4v) is 1.82. The third-order valence-electron chi connectivity index (χ3n) is 2.59. The molecule has 1 aromatic rings. The van der Waals surface area contributed by atoms with Gasteiger partial charge in [-0.3, -0.25) is 9.48 Å². The average molecular weight is 254 g/mol. The molecule has 0 aliphatic carbocycles. The lowest BCUT2D eigenvalue weighted by Gasteiger charge is -2.19. The second-order valence-electron chi connectivity index (χ2n) is 5.38. The zero-order valence-electron chi connectivity index (χ0n) is 11.7. The molecule has 0 aliphatic rings. The zero-order chi connectivity index (χ0) is 13.9. The summed E-state index contributed by atoms with van der Waals surface area (Å²) in [5, 5.41) is 14.5. The van der Waals surface area contributed by atoms with Crippen LogP contribution in [0.1, 0.15) is 51.5 Å². The number of aliphatic hydroxyl groups is 1. The first-order chi connectivity index (χ1) is 8.25. The maximum absolute atomic E-state index is 11.4. The second kappa shape index (κ2) is 5.52. The van der Waals surface area contributed by atoms with Crippen LogP contribution in [0, 0.1) is 0 Å². The highest BCUT2D eigenvalue weighted by molar-refractivity contribution is 5.70. The highest BCUT2D eigenvalue weighted by Crippen LogP contribution is 2.29. The number of esters is 1. The summed E-state index contributed by atoms with van der Waals surface area (Å²) >= 11 is 0. The lowest BCUT2D eigenvalue weighted by Crippen LogP contribution is -2.18. The summed E-state index contributed by atoms with van der Waals surface area (Å²) in [7, 11) is 1.80. The number of rotatable bonds is 4. The van der Waals surface area contributed by atoms with Crippen LogP contribution < -0.4 is 0 Å². The lowest BCUT2D eigenvalue weighted by molar-refractivity contribution is -0.145. The summed E-state index contributed by atoms with van der Waals surface area (Å²) in [6.07, 6.45) is 0.847. The van der Waals surface area contributed by atoms with Crippen LogP contribution in [-0.2, 0) is 22.0 Å². The Hall–Kier alpha value is -1.36. The SMILES string of the molecule is CCOC(=O)CC(O)c1cn(C)nc1C(C)(C)C. The molecule has 102 valence electrons. The molecule has 0 bridgehead atoms. The van der Waals surface area contributed by atoms with Crippen LogP contribution in [0.4, 0.5) is 0 Å². The van der Waals surface area contributed by atoms with E-state index in [-0.39, 0.29) is 11.8 Å². The van der Waals surface area contributed by atoms with Crippen molar-refractivity contribution in [1.29, 1.82) is 0 Å². The number of hydrogen-bond acceptors (Lipinski definition) is 4. The van der Waals surface area contributed by atoms with E-state index in [0.29, 0.717) is 12.2 Å². The van der Waals surface area contributed by atoms with Gasteiger partial charge >= 0.3 is 5.97 Å². The van der Waals surface area contributed by atoms with Crippen LogP contribution in [0.25, 0.3) is 0 Å². The first-order valence-electron chi connectivity index (χ1n) is 6.13. The number of aliphatic hydroxyl groups excluding tert-OH is 1. The van der Waals surface area contributed by atoms with Crippen molar-refractivity contribution in [2.24, 2.45) is 7.05 Å². The first-order valence-corrected chi connectivity index (χ1v) is 6.13. The van der Waals surface area contributed by atoms with Gasteiger partial charge in [-0.1, -0.05) is 20.8 Å². The van der Waals surface area contributed by atoms with E-state index in [1.165, 1.54) is 0 Å². The van der Waals surface area contributed by atoms with Crippen LogP contribution in [-0.4, -0.2) is 27.5 Å². The van der Waals surface area contributed by atoms with Gasteiger partial charge in [-0.15, -0.1) is 0 Å². The van der Waals surface area contributed by atoms with Crippen LogP contribution in [0.2, 0.25) is 0 Å². The molecule has 18 heavy (non-hydrogen) atoms. The van der Waals surface area contributed by atoms with Crippen molar-refractivity contribution >= 4 is 5.97 Å². The van der Waals surface area contributed by atoms with Crippen LogP contribution in [0.5, 0.6) is 0 Å². The van der Waals surface area contributed by atoms with E-state index in [4.69, 9.17) is 4.74 Å². The maximum atomic E-state index is 11.4. The van der Waals surface area contributed by atoms with E-state index >= 15 is 0 Å². The van der Waals surface area contributed by atoms with E-state index < -0.39 is 12.1 Å². The Morgan fingerprint density at radius 3 is 2.67 bits per heavy atom. The number of carbonyl (C=O) groups excluding carboxylic acids is 1. The highest BCUT2D eigenvalue weighted by Gasteiger charge is 2.27. The summed E-state index contributed by atoms with van der Waals surface area (Å²) in [5.41, 5.74) is 1.33. The van der Waals surface area contributed by atoms with Gasteiger partial charge in [-0.25, -0.2) is 0 Å². The molecule has 0 saturated carbocycles. The molecule has 1 atom stereocenters. The molecule has 0 spiro atoms. The molecule has 5 heteroatoms. The molecule has 5 nitrogen and oxygen atoms in total. The molecule has 1 unspecified atom stereocenters. The van der Waals surface area contributed by atoms with Crippen molar-refractivity contribution in [1.82, 2.24) is 9.78 Å². The molecule has 1 rings (SSSR count). The van der Waals surface area contributed by atoms with Gasteiger partial charge in [-0.05, 0) is 6.92 Å². The third-order valence-corrected chi connectivity index (χ3v) is 2.59. The van der Waals surface area contributed by atoms with Gasteiger partial charge in [0.05, 0.1) is 24.8 Å². The van der Waals surface area contributed by atoms with Crippen LogP contribution in [0.15, 0.2) is 6.20 Å². The van der Waals surface area contributed by atoms with Gasteiger partial charge < -0.3 is 9.84 Å². The number of ether oxygens (including phenoxy) is 1. The molecule has 1 heterocycles. The lowest BCUT2D eigenvalue weighted by atomic mass is 9.87. The summed E-state index contributed by atoms with van der Waals surface area (Å²) in [6, 6.07) is 0. The Bertz CT molecular complexity index is 418. The van der Waals surface area contributed by atoms with Gasteiger partial charge in [0.15, 0.2) is 0 Å². The van der Waals surface area contributed by atoms with Crippen molar-refractivity contribution in [2.75, 3.05) is 6.61 Å². The van der Waals surface area contributed by atoms with Gasteiger partial charge in [0.2, 0.25) is 0 Å². The minimum Gasteiger partial charge on any atom is -0.466 e. The molecule has 1 N–H and O–H groups in total. The van der Waals surface area contributed by atoms with Crippen molar-refractivity contribution in [2.45, 2.75) is 45.6 Å². The molecular formula is C13H22N2O3. The predicted molar refractivity (Wildman–Crippen MR) is 68.1 cm³/mol. The minimum absolute atomic E-state index is 0.0391. The molecule has 1 aromatic heterocycles. The van der Waals surface area contributed by atoms with Gasteiger partial charge in [-0.2, -0.15) is 5.10 Å². The fourth-order valence-electron chi connectivity index (χ4n) is 1.82. The zero-order valence-corrected chi connectivity index (χ0v) is 11.7. The largest absolute Gasteiger partial charge is 0.466 e. The van der Waals surface area contributed by atoms with Crippen LogP contribution >= 0.6 is 0 Å². The molecule has 0 amide bonds. The molecular weight excluding hydrogens is 232 g/mol. The minimum atomic E-state index is -0.869. The molecule has 0 aromatic carbocycles. The van der Waals surface area contributed by atoms with E-state index in [9.17, 15) is 9.90 Å². The molecule has 0 saturated heterocycles. The molecule has 0 fully saturated rings. The third kappa shape index (κ3) is 3.57. The van der Waals surface area contributed by atoms with E-state index in [1.807, 2.05) is 20.8 Å². The standard InChI is InChI=1S/C13H22N2O3/c1-6-18-11(17)7-10(16)9-8-15(5)14-12(9)13(2,3)4/h8,10,16H,6-7H2,1-5H3. The normalized spacial score (nSPS) is 13.4. The topological polar surface area (TPSA) is 64.3 Å². The first kappa shape index (κ1) is 14.7. The summed E-state index contributed by atoms with van der Waals surface area (Å²) < 4.78 is 6.50. The Balaban J connectivity index is 2.92. The Kier molecular flexibility index (Phi) is 4.51. The smallest absolute Gasteiger partial charge is 0.308 e. The van der Waals surface area contributed by atoms with E-state index in [0.717, 1.165) is 5.69 Å². The average Bonchev–Trinajstić information content (AvgIpc) is 2.60. The van der Waals surface area contributed by atoms with Crippen molar-refractivity contribution < 1.29 is 14.6 Å². The Morgan fingerprint density at radius 1 is 1.56 bits per heavy atom. The van der Waals surface area contributed by atoms with E-state index in [2.05, 4.69) is 5.10 Å². The Labute approximate surface area is 108 Å². The number of aromatic nitrogens is 2. The maximum Gasteiger partial charge on any atom is 0.308 e. The molecule has 0 aliphatic heterocycles. The van der Waals surface area contributed by atoms with Crippen molar-refractivity contribution in [3.63, 3.8) is 0 Å². The summed E-state index contributed by atoms with van der Waals surface area (Å²) in [5.74, 6) is -0.395. The second-order valence-corrected chi connectivity index (χ2v) is 5.38. The Morgan fingerprint density at radius 2 is 2.17 bits per heavy atom. The monoisotopic (exact) mass is 254 g/mol. The summed E-state index contributed by atoms with van der Waals surface area (Å²) in [6.45, 7) is 8.14. The summed E-state index contributed by atoms with van der Waals surface area (Å²) in [4.78, 5) is 11.4. The van der Waals surface area contributed by atoms with Crippen molar-refractivity contribution in [3.05, 3.63) is 17.5 Å². The molecule has 0 radical (unpaired) electrons. The van der Waals surface area contributed by atoms with Crippen molar-refractivity contribution in [3.8, 4) is 0 Å². The van der Waals surface area contributed by atoms with Gasteiger partial charge in [0.25, 0.3) is 0 Å².